The van der Waals surface area contributed by atoms with Crippen LogP contribution in [0.25, 0.3) is 0 Å². The van der Waals surface area contributed by atoms with Gasteiger partial charge >= 0.3 is 0 Å². The molecule has 0 aliphatic carbocycles. The highest BCUT2D eigenvalue weighted by molar-refractivity contribution is 7.89. The molecule has 0 heterocycles. The van der Waals surface area contributed by atoms with Gasteiger partial charge in [-0.3, -0.25) is 9.59 Å². The van der Waals surface area contributed by atoms with Gasteiger partial charge in [0.25, 0.3) is 5.91 Å². The molecule has 0 fully saturated rings. The zero-order valence-electron chi connectivity index (χ0n) is 16.2. The van der Waals surface area contributed by atoms with Crippen molar-refractivity contribution in [2.24, 2.45) is 0 Å². The van der Waals surface area contributed by atoms with E-state index in [2.05, 4.69) is 10.0 Å². The van der Waals surface area contributed by atoms with E-state index in [1.54, 1.807) is 0 Å². The quantitative estimate of drug-likeness (QED) is 0.702. The van der Waals surface area contributed by atoms with Crippen LogP contribution < -0.4 is 10.0 Å². The Morgan fingerprint density at radius 3 is 2.36 bits per heavy atom. The molecule has 7 nitrogen and oxygen atoms in total. The van der Waals surface area contributed by atoms with Crippen molar-refractivity contribution in [2.45, 2.75) is 31.3 Å². The van der Waals surface area contributed by atoms with Crippen LogP contribution in [0.1, 0.15) is 29.8 Å². The molecule has 0 aliphatic rings. The van der Waals surface area contributed by atoms with Gasteiger partial charge in [0, 0.05) is 25.2 Å². The summed E-state index contributed by atoms with van der Waals surface area (Å²) in [6.07, 6.45) is 0. The standard InChI is InChI=1S/C20H25N3O4S/c1-15(2)22-19(24)14-23(3)20(25)17-10-7-11-18(12-17)28(26,27)21-13-16-8-5-4-6-9-16/h4-12,15,21H,13-14H2,1-3H3,(H,22,24). The van der Waals surface area contributed by atoms with Gasteiger partial charge in [0.1, 0.15) is 0 Å². The molecule has 0 saturated carbocycles. The molecule has 2 aromatic rings. The highest BCUT2D eigenvalue weighted by Crippen LogP contribution is 2.14. The van der Waals surface area contributed by atoms with Gasteiger partial charge in [-0.25, -0.2) is 13.1 Å². The van der Waals surface area contributed by atoms with Gasteiger partial charge in [-0.05, 0) is 37.6 Å². The van der Waals surface area contributed by atoms with Crippen molar-refractivity contribution in [1.82, 2.24) is 14.9 Å². The van der Waals surface area contributed by atoms with Crippen LogP contribution in [-0.4, -0.2) is 44.8 Å². The van der Waals surface area contributed by atoms with Crippen molar-refractivity contribution in [3.63, 3.8) is 0 Å². The van der Waals surface area contributed by atoms with E-state index in [0.717, 1.165) is 5.56 Å². The van der Waals surface area contributed by atoms with Gasteiger partial charge in [-0.15, -0.1) is 0 Å². The topological polar surface area (TPSA) is 95.6 Å². The van der Waals surface area contributed by atoms with Crippen LogP contribution in [0.3, 0.4) is 0 Å². The number of hydrogen-bond donors (Lipinski definition) is 2. The number of nitrogens with zero attached hydrogens (tertiary/aromatic N) is 1. The predicted octanol–water partition coefficient (Wildman–Crippen LogP) is 1.76. The molecule has 2 rings (SSSR count). The molecule has 2 aromatic carbocycles. The lowest BCUT2D eigenvalue weighted by atomic mass is 10.2. The highest BCUT2D eigenvalue weighted by Gasteiger charge is 2.19. The van der Waals surface area contributed by atoms with Gasteiger partial charge in [0.05, 0.1) is 11.4 Å². The third-order valence-corrected chi connectivity index (χ3v) is 5.28. The molecule has 150 valence electrons. The molecule has 0 aliphatic heterocycles. The van der Waals surface area contributed by atoms with E-state index in [0.29, 0.717) is 0 Å². The third kappa shape index (κ3) is 6.17. The minimum Gasteiger partial charge on any atom is -0.352 e. The first kappa shape index (κ1) is 21.6. The molecule has 28 heavy (non-hydrogen) atoms. The van der Waals surface area contributed by atoms with Gasteiger partial charge in [0.15, 0.2) is 0 Å². The first-order chi connectivity index (χ1) is 13.2. The summed E-state index contributed by atoms with van der Waals surface area (Å²) in [7, 11) is -2.28. The Morgan fingerprint density at radius 2 is 1.71 bits per heavy atom. The molecule has 0 saturated heterocycles. The van der Waals surface area contributed by atoms with Crippen molar-refractivity contribution >= 4 is 21.8 Å². The van der Waals surface area contributed by atoms with Crippen LogP contribution in [-0.2, 0) is 21.4 Å². The second kappa shape index (κ2) is 9.48. The van der Waals surface area contributed by atoms with Crippen LogP contribution in [0.5, 0.6) is 0 Å². The summed E-state index contributed by atoms with van der Waals surface area (Å²) in [4.78, 5) is 25.6. The number of rotatable bonds is 8. The lowest BCUT2D eigenvalue weighted by molar-refractivity contribution is -0.122. The number of nitrogens with one attached hydrogen (secondary N) is 2. The lowest BCUT2D eigenvalue weighted by Crippen LogP contribution is -2.40. The summed E-state index contributed by atoms with van der Waals surface area (Å²) in [5.41, 5.74) is 1.02. The van der Waals surface area contributed by atoms with Crippen molar-refractivity contribution in [1.29, 1.82) is 0 Å². The van der Waals surface area contributed by atoms with Gasteiger partial charge in [-0.1, -0.05) is 36.4 Å². The first-order valence-corrected chi connectivity index (χ1v) is 10.4. The maximum absolute atomic E-state index is 12.6. The fraction of sp³-hybridized carbons (Fsp3) is 0.300. The van der Waals surface area contributed by atoms with E-state index < -0.39 is 15.9 Å². The number of sulfonamides is 1. The molecule has 0 bridgehead atoms. The maximum Gasteiger partial charge on any atom is 0.254 e. The van der Waals surface area contributed by atoms with Crippen molar-refractivity contribution in [3.05, 3.63) is 65.7 Å². The van der Waals surface area contributed by atoms with Crippen molar-refractivity contribution in [2.75, 3.05) is 13.6 Å². The Hall–Kier alpha value is -2.71. The average molecular weight is 404 g/mol. The van der Waals surface area contributed by atoms with Gasteiger partial charge in [0.2, 0.25) is 15.9 Å². The number of benzene rings is 2. The number of hydrogen-bond acceptors (Lipinski definition) is 4. The number of amides is 2. The molecular formula is C20H25N3O4S. The van der Waals surface area contributed by atoms with E-state index >= 15 is 0 Å². The molecule has 0 radical (unpaired) electrons. The van der Waals surface area contributed by atoms with Crippen LogP contribution in [0.4, 0.5) is 0 Å². The Balaban J connectivity index is 2.09. The van der Waals surface area contributed by atoms with E-state index in [4.69, 9.17) is 0 Å². The minimum atomic E-state index is -3.78. The highest BCUT2D eigenvalue weighted by atomic mass is 32.2. The van der Waals surface area contributed by atoms with Crippen LogP contribution in [0, 0.1) is 0 Å². The number of likely N-dealkylation sites (N-methyl/N-ethyl adjacent to an activating group) is 1. The summed E-state index contributed by atoms with van der Waals surface area (Å²) in [6, 6.07) is 14.9. The first-order valence-electron chi connectivity index (χ1n) is 8.87. The molecule has 2 N–H and O–H groups in total. The Morgan fingerprint density at radius 1 is 1.04 bits per heavy atom. The van der Waals surface area contributed by atoms with Crippen molar-refractivity contribution in [3.8, 4) is 0 Å². The SMILES string of the molecule is CC(C)NC(=O)CN(C)C(=O)c1cccc(S(=O)(=O)NCc2ccccc2)c1. The summed E-state index contributed by atoms with van der Waals surface area (Å²) >= 11 is 0. The molecule has 0 aromatic heterocycles. The largest absolute Gasteiger partial charge is 0.352 e. The average Bonchev–Trinajstić information content (AvgIpc) is 2.66. The zero-order valence-corrected chi connectivity index (χ0v) is 17.0. The number of carbonyl (C=O) groups excluding carboxylic acids is 2. The summed E-state index contributed by atoms with van der Waals surface area (Å²) < 4.78 is 27.6. The second-order valence-electron chi connectivity index (χ2n) is 6.72. The fourth-order valence-corrected chi connectivity index (χ4v) is 3.59. The Bertz CT molecular complexity index is 927. The fourth-order valence-electron chi connectivity index (χ4n) is 2.53. The molecule has 0 unspecified atom stereocenters. The molecule has 0 spiro atoms. The predicted molar refractivity (Wildman–Crippen MR) is 107 cm³/mol. The lowest BCUT2D eigenvalue weighted by Gasteiger charge is -2.18. The molecule has 0 atom stereocenters. The molecule has 8 heteroatoms. The third-order valence-electron chi connectivity index (χ3n) is 3.88. The van der Waals surface area contributed by atoms with E-state index in [-0.39, 0.29) is 35.5 Å². The zero-order chi connectivity index (χ0) is 20.7. The van der Waals surface area contributed by atoms with Gasteiger partial charge in [-0.2, -0.15) is 0 Å². The summed E-state index contributed by atoms with van der Waals surface area (Å²) in [6.45, 7) is 3.70. The molecule has 2 amide bonds. The Kier molecular flexibility index (Phi) is 7.31. The van der Waals surface area contributed by atoms with E-state index in [1.165, 1.54) is 36.2 Å². The second-order valence-corrected chi connectivity index (χ2v) is 8.49. The normalized spacial score (nSPS) is 11.3. The molecular weight excluding hydrogens is 378 g/mol. The number of carbonyl (C=O) groups is 2. The van der Waals surface area contributed by atoms with Crippen LogP contribution >= 0.6 is 0 Å². The smallest absolute Gasteiger partial charge is 0.254 e. The minimum absolute atomic E-state index is 0.00527. The van der Waals surface area contributed by atoms with Gasteiger partial charge < -0.3 is 10.2 Å². The van der Waals surface area contributed by atoms with E-state index in [9.17, 15) is 18.0 Å². The van der Waals surface area contributed by atoms with Crippen LogP contribution in [0.15, 0.2) is 59.5 Å². The maximum atomic E-state index is 12.6. The van der Waals surface area contributed by atoms with Crippen molar-refractivity contribution < 1.29 is 18.0 Å². The Labute approximate surface area is 165 Å². The summed E-state index contributed by atoms with van der Waals surface area (Å²) in [5, 5.41) is 2.71. The summed E-state index contributed by atoms with van der Waals surface area (Å²) in [5.74, 6) is -0.710. The monoisotopic (exact) mass is 403 g/mol. The van der Waals surface area contributed by atoms with E-state index in [1.807, 2.05) is 44.2 Å². The van der Waals surface area contributed by atoms with Crippen LogP contribution in [0.2, 0.25) is 0 Å².